The Morgan fingerprint density at radius 2 is 1.89 bits per heavy atom. The van der Waals surface area contributed by atoms with Crippen molar-refractivity contribution in [2.75, 3.05) is 46.3 Å². The van der Waals surface area contributed by atoms with E-state index >= 15 is 0 Å². The Morgan fingerprint density at radius 1 is 1.11 bits per heavy atom. The molecule has 1 aromatic heterocycles. The SMILES string of the molecule is CN1CCCC(N2CCN(C(=O)c3ccc(Cn4ccnc4)cc3)CC2)C1. The number of nitrogens with zero attached hydrogens (tertiary/aromatic N) is 5. The van der Waals surface area contributed by atoms with Crippen LogP contribution in [0.15, 0.2) is 43.0 Å². The topological polar surface area (TPSA) is 44.6 Å². The van der Waals surface area contributed by atoms with E-state index in [9.17, 15) is 4.79 Å². The Labute approximate surface area is 161 Å². The molecular weight excluding hydrogens is 338 g/mol. The number of piperazine rings is 1. The van der Waals surface area contributed by atoms with E-state index in [1.165, 1.54) is 24.9 Å². The Kier molecular flexibility index (Phi) is 5.55. The van der Waals surface area contributed by atoms with E-state index in [0.717, 1.165) is 44.8 Å². The average molecular weight is 367 g/mol. The van der Waals surface area contributed by atoms with Gasteiger partial charge in [0, 0.05) is 63.3 Å². The van der Waals surface area contributed by atoms with E-state index in [2.05, 4.69) is 21.8 Å². The van der Waals surface area contributed by atoms with Crippen LogP contribution >= 0.6 is 0 Å². The standard InChI is InChI=1S/C21H29N5O/c1-23-9-2-3-20(16-23)25-11-13-26(14-12-25)21(27)19-6-4-18(5-7-19)15-24-10-8-22-17-24/h4-8,10,17,20H,2-3,9,11-16H2,1H3. The van der Waals surface area contributed by atoms with Crippen LogP contribution in [0.25, 0.3) is 0 Å². The molecule has 2 saturated heterocycles. The second-order valence-corrected chi connectivity index (χ2v) is 7.82. The summed E-state index contributed by atoms with van der Waals surface area (Å²) >= 11 is 0. The Balaban J connectivity index is 1.31. The number of hydrogen-bond acceptors (Lipinski definition) is 4. The van der Waals surface area contributed by atoms with Crippen LogP contribution in [0.2, 0.25) is 0 Å². The van der Waals surface area contributed by atoms with Crippen LogP contribution in [-0.2, 0) is 6.54 Å². The van der Waals surface area contributed by atoms with Gasteiger partial charge in [0.05, 0.1) is 6.33 Å². The first-order valence-electron chi connectivity index (χ1n) is 9.95. The normalized spacial score (nSPS) is 22.1. The number of benzene rings is 1. The molecule has 1 unspecified atom stereocenters. The molecule has 0 aliphatic carbocycles. The highest BCUT2D eigenvalue weighted by Crippen LogP contribution is 2.18. The fourth-order valence-corrected chi connectivity index (χ4v) is 4.25. The Hall–Kier alpha value is -2.18. The Morgan fingerprint density at radius 3 is 2.56 bits per heavy atom. The van der Waals surface area contributed by atoms with Crippen molar-refractivity contribution < 1.29 is 4.79 Å². The molecule has 27 heavy (non-hydrogen) atoms. The number of carbonyl (C=O) groups excluding carboxylic acids is 1. The van der Waals surface area contributed by atoms with Gasteiger partial charge in [-0.2, -0.15) is 0 Å². The van der Waals surface area contributed by atoms with Crippen LogP contribution in [0.3, 0.4) is 0 Å². The Bertz CT molecular complexity index is 734. The molecule has 6 nitrogen and oxygen atoms in total. The summed E-state index contributed by atoms with van der Waals surface area (Å²) in [5, 5.41) is 0. The van der Waals surface area contributed by atoms with Gasteiger partial charge in [-0.05, 0) is 44.1 Å². The maximum absolute atomic E-state index is 12.8. The van der Waals surface area contributed by atoms with E-state index in [4.69, 9.17) is 0 Å². The number of likely N-dealkylation sites (N-methyl/N-ethyl adjacent to an activating group) is 1. The number of imidazole rings is 1. The molecule has 0 spiro atoms. The maximum atomic E-state index is 12.8. The minimum Gasteiger partial charge on any atom is -0.336 e. The van der Waals surface area contributed by atoms with Crippen molar-refractivity contribution >= 4 is 5.91 Å². The lowest BCUT2D eigenvalue weighted by atomic mass is 10.0. The van der Waals surface area contributed by atoms with Crippen LogP contribution in [0.1, 0.15) is 28.8 Å². The van der Waals surface area contributed by atoms with Crippen molar-refractivity contribution in [3.05, 3.63) is 54.1 Å². The van der Waals surface area contributed by atoms with Crippen molar-refractivity contribution in [3.8, 4) is 0 Å². The first-order valence-corrected chi connectivity index (χ1v) is 9.95. The van der Waals surface area contributed by atoms with Gasteiger partial charge in [0.15, 0.2) is 0 Å². The number of carbonyl (C=O) groups is 1. The molecule has 0 saturated carbocycles. The zero-order valence-corrected chi connectivity index (χ0v) is 16.1. The summed E-state index contributed by atoms with van der Waals surface area (Å²) in [5.74, 6) is 0.157. The molecule has 0 bridgehead atoms. The second kappa shape index (κ2) is 8.23. The molecule has 0 N–H and O–H groups in total. The molecule has 2 aliphatic heterocycles. The van der Waals surface area contributed by atoms with E-state index in [1.807, 2.05) is 46.3 Å². The van der Waals surface area contributed by atoms with Gasteiger partial charge in [-0.15, -0.1) is 0 Å². The monoisotopic (exact) mass is 367 g/mol. The third kappa shape index (κ3) is 4.39. The molecule has 2 aromatic rings. The maximum Gasteiger partial charge on any atom is 0.253 e. The third-order valence-electron chi connectivity index (χ3n) is 5.84. The zero-order chi connectivity index (χ0) is 18.6. The van der Waals surface area contributed by atoms with Gasteiger partial charge in [0.2, 0.25) is 0 Å². The van der Waals surface area contributed by atoms with Crippen molar-refractivity contribution in [3.63, 3.8) is 0 Å². The molecule has 1 aromatic carbocycles. The van der Waals surface area contributed by atoms with Gasteiger partial charge in [-0.3, -0.25) is 9.69 Å². The van der Waals surface area contributed by atoms with Gasteiger partial charge in [0.25, 0.3) is 5.91 Å². The lowest BCUT2D eigenvalue weighted by Gasteiger charge is -2.42. The fourth-order valence-electron chi connectivity index (χ4n) is 4.25. The molecule has 2 aliphatic rings. The molecule has 144 valence electrons. The molecule has 2 fully saturated rings. The van der Waals surface area contributed by atoms with Gasteiger partial charge >= 0.3 is 0 Å². The molecule has 4 rings (SSSR count). The highest BCUT2D eigenvalue weighted by molar-refractivity contribution is 5.94. The van der Waals surface area contributed by atoms with Crippen LogP contribution in [0.5, 0.6) is 0 Å². The van der Waals surface area contributed by atoms with E-state index in [0.29, 0.717) is 6.04 Å². The summed E-state index contributed by atoms with van der Waals surface area (Å²) in [6, 6.07) is 8.65. The van der Waals surface area contributed by atoms with E-state index in [-0.39, 0.29) is 5.91 Å². The molecule has 1 amide bonds. The third-order valence-corrected chi connectivity index (χ3v) is 5.84. The quantitative estimate of drug-likeness (QED) is 0.826. The number of piperidine rings is 1. The average Bonchev–Trinajstić information content (AvgIpc) is 3.21. The lowest BCUT2D eigenvalue weighted by molar-refractivity contribution is 0.0452. The minimum atomic E-state index is 0.157. The summed E-state index contributed by atoms with van der Waals surface area (Å²) in [5.41, 5.74) is 1.96. The van der Waals surface area contributed by atoms with Gasteiger partial charge in [-0.1, -0.05) is 12.1 Å². The number of amides is 1. The summed E-state index contributed by atoms with van der Waals surface area (Å²) in [6.07, 6.45) is 8.11. The van der Waals surface area contributed by atoms with Crippen LogP contribution in [0, 0.1) is 0 Å². The zero-order valence-electron chi connectivity index (χ0n) is 16.1. The molecule has 6 heteroatoms. The van der Waals surface area contributed by atoms with Crippen molar-refractivity contribution in [1.29, 1.82) is 0 Å². The van der Waals surface area contributed by atoms with Crippen LogP contribution in [0.4, 0.5) is 0 Å². The first kappa shape index (κ1) is 18.2. The predicted octanol–water partition coefficient (Wildman–Crippen LogP) is 1.78. The van der Waals surface area contributed by atoms with E-state index in [1.54, 1.807) is 6.20 Å². The molecular formula is C21H29N5O. The minimum absolute atomic E-state index is 0.157. The first-order chi connectivity index (χ1) is 13.2. The number of hydrogen-bond donors (Lipinski definition) is 0. The number of rotatable bonds is 4. The summed E-state index contributed by atoms with van der Waals surface area (Å²) < 4.78 is 2.03. The molecule has 1 atom stereocenters. The summed E-state index contributed by atoms with van der Waals surface area (Å²) in [7, 11) is 2.21. The highest BCUT2D eigenvalue weighted by Gasteiger charge is 2.28. The molecule has 3 heterocycles. The van der Waals surface area contributed by atoms with E-state index < -0.39 is 0 Å². The van der Waals surface area contributed by atoms with Crippen molar-refractivity contribution in [2.24, 2.45) is 0 Å². The van der Waals surface area contributed by atoms with Gasteiger partial charge in [-0.25, -0.2) is 4.98 Å². The van der Waals surface area contributed by atoms with Crippen molar-refractivity contribution in [1.82, 2.24) is 24.3 Å². The largest absolute Gasteiger partial charge is 0.336 e. The smallest absolute Gasteiger partial charge is 0.253 e. The highest BCUT2D eigenvalue weighted by atomic mass is 16.2. The second-order valence-electron chi connectivity index (χ2n) is 7.82. The predicted molar refractivity (Wildman–Crippen MR) is 106 cm³/mol. The fraction of sp³-hybridized carbons (Fsp3) is 0.524. The van der Waals surface area contributed by atoms with Crippen LogP contribution < -0.4 is 0 Å². The van der Waals surface area contributed by atoms with Crippen LogP contribution in [-0.4, -0.2) is 82.5 Å². The van der Waals surface area contributed by atoms with Gasteiger partial charge in [0.1, 0.15) is 0 Å². The summed E-state index contributed by atoms with van der Waals surface area (Å²) in [4.78, 5) is 23.9. The molecule has 0 radical (unpaired) electrons. The summed E-state index contributed by atoms with van der Waals surface area (Å²) in [6.45, 7) is 6.79. The van der Waals surface area contributed by atoms with Gasteiger partial charge < -0.3 is 14.4 Å². The van der Waals surface area contributed by atoms with Crippen molar-refractivity contribution in [2.45, 2.75) is 25.4 Å². The number of likely N-dealkylation sites (tertiary alicyclic amines) is 1. The lowest BCUT2D eigenvalue weighted by Crippen LogP contribution is -2.55. The number of aromatic nitrogens is 2.